The summed E-state index contributed by atoms with van der Waals surface area (Å²) >= 11 is 5.78. The van der Waals surface area contributed by atoms with Gasteiger partial charge in [-0.3, -0.25) is 0 Å². The van der Waals surface area contributed by atoms with E-state index in [-0.39, 0.29) is 6.61 Å². The molecule has 2 aromatic rings. The summed E-state index contributed by atoms with van der Waals surface area (Å²) < 4.78 is 10.6. The van der Waals surface area contributed by atoms with Crippen LogP contribution in [0.25, 0.3) is 0 Å². The molecule has 0 aromatic heterocycles. The molecule has 0 amide bonds. The molecule has 0 spiro atoms. The Balaban J connectivity index is 1.98. The fraction of sp³-hybridized carbons (Fsp3) is 0.0714. The van der Waals surface area contributed by atoms with Crippen molar-refractivity contribution in [3.8, 4) is 17.2 Å². The average molecular weight is 279 g/mol. The molecule has 19 heavy (non-hydrogen) atoms. The minimum Gasteiger partial charge on any atom is -0.482 e. The van der Waals surface area contributed by atoms with Crippen LogP contribution in [0.5, 0.6) is 17.2 Å². The highest BCUT2D eigenvalue weighted by Crippen LogP contribution is 2.24. The first-order valence-corrected chi connectivity index (χ1v) is 5.89. The van der Waals surface area contributed by atoms with Crippen LogP contribution in [0.3, 0.4) is 0 Å². The maximum Gasteiger partial charge on any atom is 0.341 e. The number of aliphatic carboxylic acids is 1. The van der Waals surface area contributed by atoms with E-state index >= 15 is 0 Å². The van der Waals surface area contributed by atoms with Crippen molar-refractivity contribution >= 4 is 17.6 Å². The van der Waals surface area contributed by atoms with E-state index in [9.17, 15) is 4.79 Å². The number of carboxylic acid groups (broad SMARTS) is 1. The van der Waals surface area contributed by atoms with E-state index in [0.717, 1.165) is 0 Å². The van der Waals surface area contributed by atoms with Crippen molar-refractivity contribution < 1.29 is 19.4 Å². The standard InChI is InChI=1S/C14H11ClO4/c15-10-1-3-12(4-2-10)19-13-7-5-11(6-8-13)18-9-14(16)17/h1-8H,9H2,(H,16,17). The van der Waals surface area contributed by atoms with Crippen LogP contribution in [0.1, 0.15) is 0 Å². The van der Waals surface area contributed by atoms with Crippen molar-refractivity contribution in [2.45, 2.75) is 0 Å². The lowest BCUT2D eigenvalue weighted by Gasteiger charge is -2.07. The van der Waals surface area contributed by atoms with E-state index in [1.807, 2.05) is 0 Å². The summed E-state index contributed by atoms with van der Waals surface area (Å²) in [6, 6.07) is 13.7. The second kappa shape index (κ2) is 6.11. The zero-order valence-corrected chi connectivity index (χ0v) is 10.6. The monoisotopic (exact) mass is 278 g/mol. The molecule has 0 aliphatic rings. The third-order valence-corrected chi connectivity index (χ3v) is 2.49. The van der Waals surface area contributed by atoms with Gasteiger partial charge in [-0.25, -0.2) is 4.79 Å². The molecule has 0 atom stereocenters. The topological polar surface area (TPSA) is 55.8 Å². The maximum absolute atomic E-state index is 10.3. The van der Waals surface area contributed by atoms with E-state index in [2.05, 4.69) is 0 Å². The van der Waals surface area contributed by atoms with Gasteiger partial charge >= 0.3 is 5.97 Å². The van der Waals surface area contributed by atoms with Gasteiger partial charge in [0.1, 0.15) is 17.2 Å². The molecule has 4 nitrogen and oxygen atoms in total. The van der Waals surface area contributed by atoms with E-state index in [0.29, 0.717) is 22.3 Å². The van der Waals surface area contributed by atoms with E-state index in [1.165, 1.54) is 0 Å². The van der Waals surface area contributed by atoms with Crippen LogP contribution in [0.2, 0.25) is 5.02 Å². The van der Waals surface area contributed by atoms with Gasteiger partial charge in [0.25, 0.3) is 0 Å². The highest BCUT2D eigenvalue weighted by molar-refractivity contribution is 6.30. The van der Waals surface area contributed by atoms with Gasteiger partial charge in [-0.2, -0.15) is 0 Å². The van der Waals surface area contributed by atoms with Crippen molar-refractivity contribution in [3.05, 3.63) is 53.6 Å². The third kappa shape index (κ3) is 4.19. The van der Waals surface area contributed by atoms with Crippen molar-refractivity contribution in [1.82, 2.24) is 0 Å². The van der Waals surface area contributed by atoms with E-state index < -0.39 is 5.97 Å². The second-order valence-corrected chi connectivity index (χ2v) is 4.15. The molecule has 1 N–H and O–H groups in total. The zero-order chi connectivity index (χ0) is 13.7. The first-order valence-electron chi connectivity index (χ1n) is 5.51. The lowest BCUT2D eigenvalue weighted by molar-refractivity contribution is -0.139. The number of rotatable bonds is 5. The summed E-state index contributed by atoms with van der Waals surface area (Å²) in [6.07, 6.45) is 0. The largest absolute Gasteiger partial charge is 0.482 e. The summed E-state index contributed by atoms with van der Waals surface area (Å²) in [4.78, 5) is 10.3. The lowest BCUT2D eigenvalue weighted by Crippen LogP contribution is -2.09. The van der Waals surface area contributed by atoms with Gasteiger partial charge < -0.3 is 14.6 Å². The first-order chi connectivity index (χ1) is 9.13. The number of benzene rings is 2. The summed E-state index contributed by atoms with van der Waals surface area (Å²) in [5.74, 6) is 0.765. The van der Waals surface area contributed by atoms with Crippen LogP contribution in [0, 0.1) is 0 Å². The van der Waals surface area contributed by atoms with Crippen LogP contribution in [0.4, 0.5) is 0 Å². The fourth-order valence-electron chi connectivity index (χ4n) is 1.39. The van der Waals surface area contributed by atoms with E-state index in [4.69, 9.17) is 26.2 Å². The Bertz CT molecular complexity index is 549. The number of halogens is 1. The van der Waals surface area contributed by atoms with Crippen molar-refractivity contribution in [2.75, 3.05) is 6.61 Å². The van der Waals surface area contributed by atoms with Crippen molar-refractivity contribution in [2.24, 2.45) is 0 Å². The number of ether oxygens (including phenoxy) is 2. The second-order valence-electron chi connectivity index (χ2n) is 3.71. The smallest absolute Gasteiger partial charge is 0.341 e. The number of carbonyl (C=O) groups is 1. The van der Waals surface area contributed by atoms with Gasteiger partial charge in [0.2, 0.25) is 0 Å². The van der Waals surface area contributed by atoms with Gasteiger partial charge in [0.15, 0.2) is 6.61 Å². The number of hydrogen-bond acceptors (Lipinski definition) is 3. The number of hydrogen-bond donors (Lipinski definition) is 1. The summed E-state index contributed by atoms with van der Waals surface area (Å²) in [6.45, 7) is -0.364. The summed E-state index contributed by atoms with van der Waals surface area (Å²) in [5, 5.41) is 9.13. The molecular weight excluding hydrogens is 268 g/mol. The van der Waals surface area contributed by atoms with Crippen LogP contribution in [0.15, 0.2) is 48.5 Å². The maximum atomic E-state index is 10.3. The molecular formula is C14H11ClO4. The normalized spacial score (nSPS) is 9.95. The Labute approximate surface area is 115 Å². The van der Waals surface area contributed by atoms with Crippen LogP contribution in [-0.4, -0.2) is 17.7 Å². The number of carboxylic acids is 1. The van der Waals surface area contributed by atoms with Gasteiger partial charge in [-0.05, 0) is 48.5 Å². The third-order valence-electron chi connectivity index (χ3n) is 2.24. The Morgan fingerprint density at radius 1 is 0.947 bits per heavy atom. The molecule has 0 fully saturated rings. The Morgan fingerprint density at radius 2 is 1.42 bits per heavy atom. The lowest BCUT2D eigenvalue weighted by atomic mass is 10.3. The molecule has 2 aromatic carbocycles. The molecule has 0 aliphatic carbocycles. The Hall–Kier alpha value is -2.20. The molecule has 0 bridgehead atoms. The molecule has 0 saturated carbocycles. The van der Waals surface area contributed by atoms with Crippen molar-refractivity contribution in [3.63, 3.8) is 0 Å². The van der Waals surface area contributed by atoms with Gasteiger partial charge in [0, 0.05) is 5.02 Å². The molecule has 5 heteroatoms. The van der Waals surface area contributed by atoms with E-state index in [1.54, 1.807) is 48.5 Å². The summed E-state index contributed by atoms with van der Waals surface area (Å²) in [7, 11) is 0. The molecule has 0 radical (unpaired) electrons. The van der Waals surface area contributed by atoms with Crippen molar-refractivity contribution in [1.29, 1.82) is 0 Å². The minimum absolute atomic E-state index is 0.364. The Morgan fingerprint density at radius 3 is 1.95 bits per heavy atom. The van der Waals surface area contributed by atoms with Crippen LogP contribution in [-0.2, 0) is 4.79 Å². The molecule has 98 valence electrons. The van der Waals surface area contributed by atoms with Gasteiger partial charge in [0.05, 0.1) is 0 Å². The van der Waals surface area contributed by atoms with Crippen LogP contribution < -0.4 is 9.47 Å². The van der Waals surface area contributed by atoms with Gasteiger partial charge in [-0.15, -0.1) is 0 Å². The summed E-state index contributed by atoms with van der Waals surface area (Å²) in [5.41, 5.74) is 0. The highest BCUT2D eigenvalue weighted by Gasteiger charge is 2.01. The molecule has 0 heterocycles. The van der Waals surface area contributed by atoms with Gasteiger partial charge in [-0.1, -0.05) is 11.6 Å². The molecule has 0 saturated heterocycles. The molecule has 0 unspecified atom stereocenters. The predicted molar refractivity (Wildman–Crippen MR) is 71.1 cm³/mol. The SMILES string of the molecule is O=C(O)COc1ccc(Oc2ccc(Cl)cc2)cc1. The first kappa shape index (κ1) is 13.2. The molecule has 2 rings (SSSR count). The quantitative estimate of drug-likeness (QED) is 0.908. The average Bonchev–Trinajstić information content (AvgIpc) is 2.40. The molecule has 0 aliphatic heterocycles. The minimum atomic E-state index is -1.01. The fourth-order valence-corrected chi connectivity index (χ4v) is 1.51. The Kier molecular flexibility index (Phi) is 4.26. The predicted octanol–water partition coefficient (Wildman–Crippen LogP) is 3.60. The zero-order valence-electron chi connectivity index (χ0n) is 9.88. The van der Waals surface area contributed by atoms with Crippen LogP contribution >= 0.6 is 11.6 Å². The highest BCUT2D eigenvalue weighted by atomic mass is 35.5.